The number of carboxylic acid groups (broad SMARTS) is 2. The molecule has 0 fully saturated rings. The van der Waals surface area contributed by atoms with E-state index in [9.17, 15) is 9.59 Å². The molecule has 0 saturated heterocycles. The van der Waals surface area contributed by atoms with Crippen molar-refractivity contribution in [3.8, 4) is 0 Å². The van der Waals surface area contributed by atoms with E-state index in [2.05, 4.69) is 0 Å². The number of likely N-dealkylation sites (N-methyl/N-ethyl adjacent to an activating group) is 1. The summed E-state index contributed by atoms with van der Waals surface area (Å²) in [5.41, 5.74) is 0.805. The van der Waals surface area contributed by atoms with Gasteiger partial charge in [-0.1, -0.05) is 30.3 Å². The molecule has 0 bridgehead atoms. The fraction of sp³-hybridized carbons (Fsp3) is 0.333. The average Bonchev–Trinajstić information content (AvgIpc) is 2.29. The van der Waals surface area contributed by atoms with Crippen LogP contribution in [0.1, 0.15) is 12.5 Å². The number of aliphatic carboxylic acids is 1. The Morgan fingerprint density at radius 3 is 2.24 bits per heavy atom. The van der Waals surface area contributed by atoms with Crippen molar-refractivity contribution in [3.05, 3.63) is 35.9 Å². The SMILES string of the molecule is CCN(C(=O)O)C(Cc1ccccc1)C(=O)O. The number of carboxylic acids is 1. The zero-order chi connectivity index (χ0) is 12.8. The second-order valence-electron chi connectivity index (χ2n) is 3.61. The van der Waals surface area contributed by atoms with E-state index in [-0.39, 0.29) is 13.0 Å². The normalized spacial score (nSPS) is 11.8. The summed E-state index contributed by atoms with van der Waals surface area (Å²) >= 11 is 0. The standard InChI is InChI=1S/C12H15NO4/c1-2-13(12(16)17)10(11(14)15)8-9-6-4-3-5-7-9/h3-7,10H,2,8H2,1H3,(H,14,15)(H,16,17). The Morgan fingerprint density at radius 2 is 1.82 bits per heavy atom. The summed E-state index contributed by atoms with van der Waals surface area (Å²) in [6.45, 7) is 1.77. The van der Waals surface area contributed by atoms with E-state index in [1.54, 1.807) is 31.2 Å². The molecule has 2 N–H and O–H groups in total. The molecule has 17 heavy (non-hydrogen) atoms. The van der Waals surface area contributed by atoms with Gasteiger partial charge in [0.25, 0.3) is 0 Å². The number of hydrogen-bond acceptors (Lipinski definition) is 2. The van der Waals surface area contributed by atoms with Crippen LogP contribution in [0.5, 0.6) is 0 Å². The first kappa shape index (κ1) is 13.0. The van der Waals surface area contributed by atoms with Gasteiger partial charge < -0.3 is 10.2 Å². The van der Waals surface area contributed by atoms with Crippen molar-refractivity contribution in [3.63, 3.8) is 0 Å². The minimum atomic E-state index is -1.21. The minimum Gasteiger partial charge on any atom is -0.480 e. The van der Waals surface area contributed by atoms with Gasteiger partial charge in [-0.05, 0) is 12.5 Å². The zero-order valence-corrected chi connectivity index (χ0v) is 9.54. The van der Waals surface area contributed by atoms with E-state index in [4.69, 9.17) is 10.2 Å². The van der Waals surface area contributed by atoms with Crippen molar-refractivity contribution in [2.45, 2.75) is 19.4 Å². The van der Waals surface area contributed by atoms with Gasteiger partial charge in [-0.2, -0.15) is 0 Å². The molecule has 0 aliphatic rings. The summed E-state index contributed by atoms with van der Waals surface area (Å²) in [6.07, 6.45) is -1.04. The highest BCUT2D eigenvalue weighted by Gasteiger charge is 2.28. The number of nitrogens with zero attached hydrogens (tertiary/aromatic N) is 1. The van der Waals surface area contributed by atoms with Gasteiger partial charge in [-0.15, -0.1) is 0 Å². The van der Waals surface area contributed by atoms with Gasteiger partial charge in [0.05, 0.1) is 0 Å². The first-order valence-electron chi connectivity index (χ1n) is 5.32. The molecule has 0 aliphatic carbocycles. The van der Waals surface area contributed by atoms with Crippen LogP contribution >= 0.6 is 0 Å². The van der Waals surface area contributed by atoms with Gasteiger partial charge >= 0.3 is 12.1 Å². The number of hydrogen-bond donors (Lipinski definition) is 2. The molecule has 0 radical (unpaired) electrons. The highest BCUT2D eigenvalue weighted by molar-refractivity contribution is 5.79. The maximum Gasteiger partial charge on any atom is 0.408 e. The molecule has 0 saturated carbocycles. The first-order valence-corrected chi connectivity index (χ1v) is 5.32. The van der Waals surface area contributed by atoms with Gasteiger partial charge in [-0.25, -0.2) is 9.59 Å². The Hall–Kier alpha value is -2.04. The molecule has 0 heterocycles. The third kappa shape index (κ3) is 3.48. The fourth-order valence-corrected chi connectivity index (χ4v) is 1.66. The lowest BCUT2D eigenvalue weighted by atomic mass is 10.1. The van der Waals surface area contributed by atoms with Gasteiger partial charge in [0.15, 0.2) is 0 Å². The Bertz CT molecular complexity index is 391. The number of carbonyl (C=O) groups is 2. The van der Waals surface area contributed by atoms with Crippen LogP contribution in [0.3, 0.4) is 0 Å². The molecular formula is C12H15NO4. The van der Waals surface area contributed by atoms with E-state index >= 15 is 0 Å². The highest BCUT2D eigenvalue weighted by Crippen LogP contribution is 2.09. The van der Waals surface area contributed by atoms with Crippen molar-refractivity contribution < 1.29 is 19.8 Å². The van der Waals surface area contributed by atoms with Crippen molar-refractivity contribution >= 4 is 12.1 Å². The Kier molecular flexibility index (Phi) is 4.51. The van der Waals surface area contributed by atoms with Crippen LogP contribution in [-0.2, 0) is 11.2 Å². The van der Waals surface area contributed by atoms with E-state index in [1.165, 1.54) is 0 Å². The van der Waals surface area contributed by atoms with Crippen LogP contribution in [0.4, 0.5) is 4.79 Å². The lowest BCUT2D eigenvalue weighted by molar-refractivity contribution is -0.142. The van der Waals surface area contributed by atoms with Crippen LogP contribution in [0.25, 0.3) is 0 Å². The predicted molar refractivity (Wildman–Crippen MR) is 62.0 cm³/mol. The minimum absolute atomic E-state index is 0.152. The third-order valence-corrected chi connectivity index (χ3v) is 2.52. The highest BCUT2D eigenvalue weighted by atomic mass is 16.4. The fourth-order valence-electron chi connectivity index (χ4n) is 1.66. The van der Waals surface area contributed by atoms with E-state index < -0.39 is 18.1 Å². The van der Waals surface area contributed by atoms with Crippen LogP contribution in [-0.4, -0.2) is 39.8 Å². The summed E-state index contributed by atoms with van der Waals surface area (Å²) in [5, 5.41) is 18.0. The van der Waals surface area contributed by atoms with Crippen LogP contribution < -0.4 is 0 Å². The van der Waals surface area contributed by atoms with Crippen molar-refractivity contribution in [1.29, 1.82) is 0 Å². The Labute approximate surface area is 99.3 Å². The van der Waals surface area contributed by atoms with Crippen LogP contribution in [0, 0.1) is 0 Å². The van der Waals surface area contributed by atoms with Crippen LogP contribution in [0.15, 0.2) is 30.3 Å². The maximum atomic E-state index is 11.1. The van der Waals surface area contributed by atoms with Crippen molar-refractivity contribution in [2.24, 2.45) is 0 Å². The number of benzene rings is 1. The molecule has 5 nitrogen and oxygen atoms in total. The van der Waals surface area contributed by atoms with Crippen LogP contribution in [0.2, 0.25) is 0 Å². The summed E-state index contributed by atoms with van der Waals surface area (Å²) in [5.74, 6) is -1.13. The number of amides is 1. The average molecular weight is 237 g/mol. The summed E-state index contributed by atoms with van der Waals surface area (Å²) in [4.78, 5) is 23.0. The Balaban J connectivity index is 2.87. The maximum absolute atomic E-state index is 11.1. The van der Waals surface area contributed by atoms with Gasteiger partial charge in [0, 0.05) is 13.0 Å². The summed E-state index contributed by atoms with van der Waals surface area (Å²) < 4.78 is 0. The second kappa shape index (κ2) is 5.89. The molecule has 0 aromatic heterocycles. The second-order valence-corrected chi connectivity index (χ2v) is 3.61. The lowest BCUT2D eigenvalue weighted by Gasteiger charge is -2.24. The predicted octanol–water partition coefficient (Wildman–Crippen LogP) is 1.68. The van der Waals surface area contributed by atoms with E-state index in [1.807, 2.05) is 6.07 Å². The molecular weight excluding hydrogens is 222 g/mol. The monoisotopic (exact) mass is 237 g/mol. The van der Waals surface area contributed by atoms with Crippen molar-refractivity contribution in [1.82, 2.24) is 4.90 Å². The molecule has 1 unspecified atom stereocenters. The largest absolute Gasteiger partial charge is 0.480 e. The molecule has 1 aromatic carbocycles. The Morgan fingerprint density at radius 1 is 1.24 bits per heavy atom. The lowest BCUT2D eigenvalue weighted by Crippen LogP contribution is -2.45. The van der Waals surface area contributed by atoms with Gasteiger partial charge in [0.1, 0.15) is 6.04 Å². The molecule has 1 amide bonds. The topological polar surface area (TPSA) is 77.8 Å². The molecule has 92 valence electrons. The van der Waals surface area contributed by atoms with Gasteiger partial charge in [-0.3, -0.25) is 4.90 Å². The third-order valence-electron chi connectivity index (χ3n) is 2.52. The first-order chi connectivity index (χ1) is 8.06. The molecule has 1 rings (SSSR count). The van der Waals surface area contributed by atoms with Gasteiger partial charge in [0.2, 0.25) is 0 Å². The molecule has 0 aliphatic heterocycles. The quantitative estimate of drug-likeness (QED) is 0.816. The summed E-state index contributed by atoms with van der Waals surface area (Å²) in [6, 6.07) is 7.95. The van der Waals surface area contributed by atoms with E-state index in [0.717, 1.165) is 10.5 Å². The van der Waals surface area contributed by atoms with Crippen molar-refractivity contribution in [2.75, 3.05) is 6.54 Å². The zero-order valence-electron chi connectivity index (χ0n) is 9.54. The van der Waals surface area contributed by atoms with E-state index in [0.29, 0.717) is 0 Å². The smallest absolute Gasteiger partial charge is 0.408 e. The molecule has 5 heteroatoms. The molecule has 1 atom stereocenters. The number of rotatable bonds is 5. The molecule has 0 spiro atoms. The molecule has 1 aromatic rings. The summed E-state index contributed by atoms with van der Waals surface area (Å²) in [7, 11) is 0.